The standard InChI is InChI=1S/C14H22N6O6S/c1-5(21)9(16)12-20-19-11(27-12)7(4-8(15)23)17-14(25)18-10(6(2)22)13(24)26-3/h6-7,9-10,21-22H,1,4,16H2,2-3H3,(H2,15,23)(H2,17,18,25)/t6?,7-,9-,10-/m0/s1. The van der Waals surface area contributed by atoms with Crippen LogP contribution in [0.2, 0.25) is 0 Å². The number of nitrogens with two attached hydrogens (primary N) is 2. The lowest BCUT2D eigenvalue weighted by molar-refractivity contribution is -0.145. The van der Waals surface area contributed by atoms with E-state index in [1.807, 2.05) is 0 Å². The van der Waals surface area contributed by atoms with E-state index < -0.39 is 42.1 Å². The lowest BCUT2D eigenvalue weighted by atomic mass is 10.2. The number of ether oxygens (including phenoxy) is 1. The zero-order chi connectivity index (χ0) is 20.7. The molecule has 1 rings (SSSR count). The smallest absolute Gasteiger partial charge is 0.331 e. The van der Waals surface area contributed by atoms with E-state index in [2.05, 4.69) is 32.1 Å². The molecule has 1 aromatic heterocycles. The maximum atomic E-state index is 12.2. The molecule has 12 nitrogen and oxygen atoms in total. The number of esters is 1. The summed E-state index contributed by atoms with van der Waals surface area (Å²) in [5.41, 5.74) is 10.9. The van der Waals surface area contributed by atoms with Gasteiger partial charge in [-0.1, -0.05) is 17.9 Å². The number of amides is 3. The summed E-state index contributed by atoms with van der Waals surface area (Å²) in [5, 5.41) is 31.6. The summed E-state index contributed by atoms with van der Waals surface area (Å²) in [4.78, 5) is 35.1. The molecule has 0 aliphatic rings. The van der Waals surface area contributed by atoms with Crippen LogP contribution >= 0.6 is 11.3 Å². The lowest BCUT2D eigenvalue weighted by Crippen LogP contribution is -2.52. The molecule has 0 aliphatic carbocycles. The van der Waals surface area contributed by atoms with Crippen molar-refractivity contribution in [3.05, 3.63) is 22.4 Å². The van der Waals surface area contributed by atoms with Crippen molar-refractivity contribution < 1.29 is 29.3 Å². The number of nitrogens with one attached hydrogen (secondary N) is 2. The molecule has 8 N–H and O–H groups in total. The zero-order valence-electron chi connectivity index (χ0n) is 14.7. The van der Waals surface area contributed by atoms with Gasteiger partial charge in [-0.25, -0.2) is 9.59 Å². The quantitative estimate of drug-likeness (QED) is 0.215. The summed E-state index contributed by atoms with van der Waals surface area (Å²) in [6.07, 6.45) is -1.53. The highest BCUT2D eigenvalue weighted by Gasteiger charge is 2.29. The average molecular weight is 402 g/mol. The highest BCUT2D eigenvalue weighted by atomic mass is 32.1. The van der Waals surface area contributed by atoms with Crippen LogP contribution in [0.25, 0.3) is 0 Å². The van der Waals surface area contributed by atoms with Crippen molar-refractivity contribution in [2.45, 2.75) is 37.6 Å². The van der Waals surface area contributed by atoms with Crippen LogP contribution < -0.4 is 22.1 Å². The Morgan fingerprint density at radius 3 is 2.37 bits per heavy atom. The molecular formula is C14H22N6O6S. The monoisotopic (exact) mass is 402 g/mol. The third-order valence-electron chi connectivity index (χ3n) is 3.31. The molecule has 3 amide bonds. The molecule has 0 saturated carbocycles. The highest BCUT2D eigenvalue weighted by molar-refractivity contribution is 7.11. The molecule has 13 heteroatoms. The van der Waals surface area contributed by atoms with Crippen LogP contribution in [0, 0.1) is 0 Å². The molecule has 0 radical (unpaired) electrons. The number of primary amides is 1. The minimum Gasteiger partial charge on any atom is -0.511 e. The molecule has 0 aromatic carbocycles. The van der Waals surface area contributed by atoms with Crippen molar-refractivity contribution in [2.75, 3.05) is 7.11 Å². The van der Waals surface area contributed by atoms with Crippen molar-refractivity contribution in [2.24, 2.45) is 11.5 Å². The summed E-state index contributed by atoms with van der Waals surface area (Å²) >= 11 is 0.938. The molecule has 1 aromatic rings. The summed E-state index contributed by atoms with van der Waals surface area (Å²) in [6, 6.07) is -4.14. The predicted octanol–water partition coefficient (Wildman–Crippen LogP) is -1.25. The second-order valence-corrected chi connectivity index (χ2v) is 6.57. The first-order valence-corrected chi connectivity index (χ1v) is 8.46. The van der Waals surface area contributed by atoms with Gasteiger partial charge >= 0.3 is 12.0 Å². The number of rotatable bonds is 9. The molecule has 0 fully saturated rings. The van der Waals surface area contributed by atoms with E-state index in [-0.39, 0.29) is 22.2 Å². The Morgan fingerprint density at radius 2 is 1.89 bits per heavy atom. The summed E-state index contributed by atoms with van der Waals surface area (Å²) < 4.78 is 4.50. The molecule has 0 spiro atoms. The van der Waals surface area contributed by atoms with E-state index in [1.54, 1.807) is 0 Å². The molecule has 1 unspecified atom stereocenters. The topological polar surface area (TPSA) is 203 Å². The van der Waals surface area contributed by atoms with Crippen LogP contribution in [-0.2, 0) is 14.3 Å². The van der Waals surface area contributed by atoms with Gasteiger partial charge in [-0.05, 0) is 6.92 Å². The van der Waals surface area contributed by atoms with E-state index in [1.165, 1.54) is 6.92 Å². The van der Waals surface area contributed by atoms with Gasteiger partial charge in [-0.3, -0.25) is 4.79 Å². The van der Waals surface area contributed by atoms with Gasteiger partial charge < -0.3 is 37.1 Å². The lowest BCUT2D eigenvalue weighted by Gasteiger charge is -2.21. The van der Waals surface area contributed by atoms with Gasteiger partial charge in [0.05, 0.1) is 25.7 Å². The predicted molar refractivity (Wildman–Crippen MR) is 94.3 cm³/mol. The minimum atomic E-state index is -1.32. The Bertz CT molecular complexity index is 708. The number of hydrogen-bond acceptors (Lipinski definition) is 10. The fraction of sp³-hybridized carbons (Fsp3) is 0.500. The van der Waals surface area contributed by atoms with Crippen molar-refractivity contribution in [1.82, 2.24) is 20.8 Å². The van der Waals surface area contributed by atoms with E-state index in [9.17, 15) is 24.6 Å². The Labute approximate surface area is 158 Å². The number of nitrogens with zero attached hydrogens (tertiary/aromatic N) is 2. The number of aliphatic hydroxyl groups excluding tert-OH is 2. The van der Waals surface area contributed by atoms with Gasteiger partial charge in [0.15, 0.2) is 6.04 Å². The van der Waals surface area contributed by atoms with E-state index in [0.29, 0.717) is 0 Å². The van der Waals surface area contributed by atoms with Crippen LogP contribution in [0.4, 0.5) is 4.79 Å². The highest BCUT2D eigenvalue weighted by Crippen LogP contribution is 2.25. The third-order valence-corrected chi connectivity index (χ3v) is 4.43. The zero-order valence-corrected chi connectivity index (χ0v) is 15.5. The first-order chi connectivity index (χ1) is 12.6. The van der Waals surface area contributed by atoms with Gasteiger partial charge in [-0.15, -0.1) is 10.2 Å². The number of hydrogen-bond donors (Lipinski definition) is 6. The third kappa shape index (κ3) is 6.47. The first-order valence-electron chi connectivity index (χ1n) is 7.64. The van der Waals surface area contributed by atoms with Crippen LogP contribution in [-0.4, -0.2) is 57.6 Å². The Hall–Kier alpha value is -2.77. The molecule has 27 heavy (non-hydrogen) atoms. The molecule has 150 valence electrons. The van der Waals surface area contributed by atoms with Gasteiger partial charge in [0.1, 0.15) is 21.8 Å². The summed E-state index contributed by atoms with van der Waals surface area (Å²) in [5.74, 6) is -1.90. The fourth-order valence-electron chi connectivity index (χ4n) is 1.90. The number of methoxy groups -OCH3 is 1. The molecule has 0 saturated heterocycles. The Kier molecular flexibility index (Phi) is 8.08. The van der Waals surface area contributed by atoms with Crippen LogP contribution in [0.15, 0.2) is 12.3 Å². The summed E-state index contributed by atoms with van der Waals surface area (Å²) in [6.45, 7) is 4.60. The van der Waals surface area contributed by atoms with Crippen molar-refractivity contribution in [1.29, 1.82) is 0 Å². The fourth-order valence-corrected chi connectivity index (χ4v) is 2.83. The largest absolute Gasteiger partial charge is 0.511 e. The number of urea groups is 1. The molecule has 0 aliphatic heterocycles. The molecule has 0 bridgehead atoms. The van der Waals surface area contributed by atoms with Gasteiger partial charge in [0, 0.05) is 0 Å². The van der Waals surface area contributed by atoms with E-state index in [0.717, 1.165) is 18.4 Å². The number of aliphatic hydroxyl groups is 2. The number of carbonyl (C=O) groups is 3. The van der Waals surface area contributed by atoms with Crippen LogP contribution in [0.1, 0.15) is 35.4 Å². The summed E-state index contributed by atoms with van der Waals surface area (Å²) in [7, 11) is 1.11. The number of carbonyl (C=O) groups excluding carboxylic acids is 3. The second-order valence-electron chi connectivity index (χ2n) is 5.53. The van der Waals surface area contributed by atoms with Crippen molar-refractivity contribution in [3.63, 3.8) is 0 Å². The van der Waals surface area contributed by atoms with E-state index >= 15 is 0 Å². The Balaban J connectivity index is 2.95. The molecule has 1 heterocycles. The van der Waals surface area contributed by atoms with Gasteiger partial charge in [0.2, 0.25) is 5.91 Å². The van der Waals surface area contributed by atoms with Crippen LogP contribution in [0.5, 0.6) is 0 Å². The van der Waals surface area contributed by atoms with Crippen LogP contribution in [0.3, 0.4) is 0 Å². The number of aromatic nitrogens is 2. The first kappa shape index (κ1) is 22.3. The minimum absolute atomic E-state index is 0.197. The van der Waals surface area contributed by atoms with Gasteiger partial charge in [0.25, 0.3) is 0 Å². The maximum absolute atomic E-state index is 12.2. The molecule has 4 atom stereocenters. The maximum Gasteiger partial charge on any atom is 0.331 e. The average Bonchev–Trinajstić information content (AvgIpc) is 3.06. The normalized spacial score (nSPS) is 15.1. The second kappa shape index (κ2) is 9.80. The molecular weight excluding hydrogens is 380 g/mol. The van der Waals surface area contributed by atoms with Crippen molar-refractivity contribution in [3.8, 4) is 0 Å². The Morgan fingerprint density at radius 1 is 1.30 bits per heavy atom. The van der Waals surface area contributed by atoms with Gasteiger partial charge in [-0.2, -0.15) is 0 Å². The van der Waals surface area contributed by atoms with E-state index in [4.69, 9.17) is 11.5 Å². The van der Waals surface area contributed by atoms with Crippen molar-refractivity contribution >= 4 is 29.2 Å². The SMILES string of the molecule is C=C(O)[C@H](N)c1nnc([C@H](CC(N)=O)NC(=O)N[C@H](C(=O)OC)C(C)O)s1.